The van der Waals surface area contributed by atoms with Crippen LogP contribution >= 0.6 is 0 Å². The zero-order valence-corrected chi connectivity index (χ0v) is 19.2. The molecule has 3 aromatic rings. The monoisotopic (exact) mass is 478 g/mol. The summed E-state index contributed by atoms with van der Waals surface area (Å²) < 4.78 is 46.4. The summed E-state index contributed by atoms with van der Waals surface area (Å²) in [5, 5.41) is 3.57. The van der Waals surface area contributed by atoms with E-state index in [9.17, 15) is 17.6 Å². The first kappa shape index (κ1) is 22.2. The third-order valence-electron chi connectivity index (χ3n) is 6.43. The number of nitrogens with one attached hydrogen (secondary N) is 2. The van der Waals surface area contributed by atoms with Gasteiger partial charge in [-0.2, -0.15) is 0 Å². The molecule has 0 fully saturated rings. The molecule has 1 heterocycles. The number of hydrogen-bond donors (Lipinski definition) is 2. The Morgan fingerprint density at radius 3 is 2.50 bits per heavy atom. The van der Waals surface area contributed by atoms with Crippen LogP contribution in [0.15, 0.2) is 83.8 Å². The molecule has 6 nitrogen and oxygen atoms in total. The van der Waals surface area contributed by atoms with E-state index < -0.39 is 15.8 Å². The first-order valence-corrected chi connectivity index (χ1v) is 12.4. The molecular weight excluding hydrogens is 455 g/mol. The second-order valence-corrected chi connectivity index (χ2v) is 10.1. The number of carbonyl (C=O) groups is 1. The van der Waals surface area contributed by atoms with Crippen molar-refractivity contribution in [2.24, 2.45) is 5.92 Å². The number of carbonyl (C=O) groups excluding carboxylic acids is 1. The van der Waals surface area contributed by atoms with Gasteiger partial charge in [-0.25, -0.2) is 17.6 Å². The van der Waals surface area contributed by atoms with E-state index in [4.69, 9.17) is 4.74 Å². The number of halogens is 1. The molecular formula is C26H23FN2O4S. The van der Waals surface area contributed by atoms with Crippen LogP contribution in [0.25, 0.3) is 0 Å². The third-order valence-corrected chi connectivity index (χ3v) is 7.81. The van der Waals surface area contributed by atoms with Gasteiger partial charge in [0.15, 0.2) is 0 Å². The van der Waals surface area contributed by atoms with Gasteiger partial charge in [-0.1, -0.05) is 24.3 Å². The maximum atomic E-state index is 13.2. The number of anilines is 2. The number of sulfonamides is 1. The fraction of sp³-hybridized carbons (Fsp3) is 0.192. The van der Waals surface area contributed by atoms with Crippen molar-refractivity contribution in [3.05, 3.63) is 101 Å². The van der Waals surface area contributed by atoms with Crippen LogP contribution in [0.4, 0.5) is 15.8 Å². The summed E-state index contributed by atoms with van der Waals surface area (Å²) in [6, 6.07) is 17.6. The highest BCUT2D eigenvalue weighted by atomic mass is 32.2. The minimum absolute atomic E-state index is 0.0130. The summed E-state index contributed by atoms with van der Waals surface area (Å²) in [6.45, 7) is 0. The highest BCUT2D eigenvalue weighted by Gasteiger charge is 2.38. The maximum Gasteiger partial charge on any atom is 0.337 e. The van der Waals surface area contributed by atoms with E-state index in [1.165, 1.54) is 31.4 Å². The molecule has 3 atom stereocenters. The molecule has 5 rings (SSSR count). The van der Waals surface area contributed by atoms with E-state index in [-0.39, 0.29) is 28.7 Å². The van der Waals surface area contributed by atoms with Crippen LogP contribution in [0, 0.1) is 11.7 Å². The van der Waals surface area contributed by atoms with Gasteiger partial charge in [0.2, 0.25) is 0 Å². The Morgan fingerprint density at radius 2 is 1.79 bits per heavy atom. The fourth-order valence-electron chi connectivity index (χ4n) is 4.75. The lowest BCUT2D eigenvalue weighted by Crippen LogP contribution is -2.29. The van der Waals surface area contributed by atoms with Gasteiger partial charge >= 0.3 is 5.97 Å². The van der Waals surface area contributed by atoms with Crippen LogP contribution in [0.1, 0.15) is 39.9 Å². The van der Waals surface area contributed by atoms with Gasteiger partial charge in [-0.05, 0) is 78.1 Å². The molecule has 1 aliphatic heterocycles. The normalized spacial score (nSPS) is 20.7. The minimum Gasteiger partial charge on any atom is -0.465 e. The van der Waals surface area contributed by atoms with Crippen molar-refractivity contribution in [2.75, 3.05) is 17.1 Å². The highest BCUT2D eigenvalue weighted by Crippen LogP contribution is 2.50. The SMILES string of the molecule is COC(=O)c1ccc(C2Nc3ccc(S(=O)(=O)Nc4ccc(F)cc4)cc3C3C=CCC32)cc1. The van der Waals surface area contributed by atoms with Crippen LogP contribution < -0.4 is 10.0 Å². The maximum absolute atomic E-state index is 13.2. The molecule has 3 unspecified atom stereocenters. The molecule has 0 spiro atoms. The molecule has 0 saturated carbocycles. The molecule has 0 amide bonds. The zero-order chi connectivity index (χ0) is 23.9. The van der Waals surface area contributed by atoms with Gasteiger partial charge in [0, 0.05) is 17.3 Å². The molecule has 3 aromatic carbocycles. The largest absolute Gasteiger partial charge is 0.465 e. The van der Waals surface area contributed by atoms with E-state index >= 15 is 0 Å². The Bertz CT molecular complexity index is 1370. The van der Waals surface area contributed by atoms with Gasteiger partial charge in [-0.3, -0.25) is 4.72 Å². The number of esters is 1. The lowest BCUT2D eigenvalue weighted by atomic mass is 9.77. The van der Waals surface area contributed by atoms with E-state index in [2.05, 4.69) is 22.2 Å². The van der Waals surface area contributed by atoms with E-state index in [1.54, 1.807) is 30.3 Å². The van der Waals surface area contributed by atoms with Crippen molar-refractivity contribution in [1.29, 1.82) is 0 Å². The fourth-order valence-corrected chi connectivity index (χ4v) is 5.84. The van der Waals surface area contributed by atoms with Crippen molar-refractivity contribution < 1.29 is 22.3 Å². The van der Waals surface area contributed by atoms with Gasteiger partial charge in [0.05, 0.1) is 23.6 Å². The summed E-state index contributed by atoms with van der Waals surface area (Å²) in [4.78, 5) is 11.9. The molecule has 2 N–H and O–H groups in total. The van der Waals surface area contributed by atoms with Crippen molar-refractivity contribution in [3.8, 4) is 0 Å². The number of ether oxygens (including phenoxy) is 1. The smallest absolute Gasteiger partial charge is 0.337 e. The third kappa shape index (κ3) is 4.05. The average molecular weight is 479 g/mol. The second-order valence-electron chi connectivity index (χ2n) is 8.45. The summed E-state index contributed by atoms with van der Waals surface area (Å²) >= 11 is 0. The molecule has 174 valence electrons. The quantitative estimate of drug-likeness (QED) is 0.387. The first-order chi connectivity index (χ1) is 16.4. The molecule has 8 heteroatoms. The van der Waals surface area contributed by atoms with E-state index in [0.29, 0.717) is 11.3 Å². The Hall–Kier alpha value is -3.65. The molecule has 0 bridgehead atoms. The molecule has 0 radical (unpaired) electrons. The van der Waals surface area contributed by atoms with Crippen LogP contribution in [0.3, 0.4) is 0 Å². The standard InChI is InChI=1S/C26H23FN2O4S/c1-33-26(30)17-7-5-16(6-8-17)25-22-4-2-3-21(22)23-15-20(13-14-24(23)28-25)34(31,32)29-19-11-9-18(27)10-12-19/h2-3,5-15,21-22,25,28-29H,4H2,1H3. The van der Waals surface area contributed by atoms with Gasteiger partial charge in [0.25, 0.3) is 10.0 Å². The number of methoxy groups -OCH3 is 1. The van der Waals surface area contributed by atoms with Gasteiger partial charge < -0.3 is 10.1 Å². The number of rotatable bonds is 5. The van der Waals surface area contributed by atoms with Crippen LogP contribution in [0.5, 0.6) is 0 Å². The Balaban J connectivity index is 1.44. The molecule has 34 heavy (non-hydrogen) atoms. The number of allylic oxidation sites excluding steroid dienone is 2. The second kappa shape index (κ2) is 8.61. The Labute approximate surface area is 197 Å². The summed E-state index contributed by atoms with van der Waals surface area (Å²) in [5.41, 5.74) is 3.63. The summed E-state index contributed by atoms with van der Waals surface area (Å²) in [7, 11) is -2.48. The van der Waals surface area contributed by atoms with Crippen molar-refractivity contribution in [2.45, 2.75) is 23.3 Å². The lowest BCUT2D eigenvalue weighted by molar-refractivity contribution is 0.0600. The van der Waals surface area contributed by atoms with Crippen LogP contribution in [-0.2, 0) is 14.8 Å². The van der Waals surface area contributed by atoms with E-state index in [0.717, 1.165) is 23.2 Å². The number of benzene rings is 3. The van der Waals surface area contributed by atoms with E-state index in [1.807, 2.05) is 12.1 Å². The number of fused-ring (bicyclic) bond motifs is 3. The molecule has 0 aromatic heterocycles. The number of hydrogen-bond acceptors (Lipinski definition) is 5. The average Bonchev–Trinajstić information content (AvgIpc) is 3.34. The molecule has 2 aliphatic rings. The topological polar surface area (TPSA) is 84.5 Å². The predicted molar refractivity (Wildman–Crippen MR) is 128 cm³/mol. The Morgan fingerprint density at radius 1 is 1.06 bits per heavy atom. The minimum atomic E-state index is -3.84. The summed E-state index contributed by atoms with van der Waals surface area (Å²) in [6.07, 6.45) is 5.11. The van der Waals surface area contributed by atoms with Crippen LogP contribution in [0.2, 0.25) is 0 Å². The first-order valence-electron chi connectivity index (χ1n) is 10.9. The highest BCUT2D eigenvalue weighted by molar-refractivity contribution is 7.92. The van der Waals surface area contributed by atoms with Crippen molar-refractivity contribution in [1.82, 2.24) is 0 Å². The van der Waals surface area contributed by atoms with Gasteiger partial charge in [-0.15, -0.1) is 0 Å². The summed E-state index contributed by atoms with van der Waals surface area (Å²) in [5.74, 6) is -0.546. The predicted octanol–water partition coefficient (Wildman–Crippen LogP) is 5.24. The molecule has 0 saturated heterocycles. The van der Waals surface area contributed by atoms with Crippen molar-refractivity contribution in [3.63, 3.8) is 0 Å². The van der Waals surface area contributed by atoms with Crippen molar-refractivity contribution >= 4 is 27.4 Å². The van der Waals surface area contributed by atoms with Crippen LogP contribution in [-0.4, -0.2) is 21.5 Å². The van der Waals surface area contributed by atoms with Gasteiger partial charge in [0.1, 0.15) is 5.82 Å². The molecule has 1 aliphatic carbocycles. The Kier molecular flexibility index (Phi) is 5.61. The lowest BCUT2D eigenvalue weighted by Gasteiger charge is -2.37. The zero-order valence-electron chi connectivity index (χ0n) is 18.4.